The second kappa shape index (κ2) is 8.62. The molecule has 0 radical (unpaired) electrons. The van der Waals surface area contributed by atoms with E-state index < -0.39 is 39.9 Å². The number of carbonyl (C=O) groups excluding carboxylic acids is 2. The number of aliphatic hydroxyl groups excluding tert-OH is 1. The minimum Gasteiger partial charge on any atom is -0.726 e. The molecule has 0 aromatic rings. The van der Waals surface area contributed by atoms with Gasteiger partial charge in [0.2, 0.25) is 10.4 Å². The van der Waals surface area contributed by atoms with Crippen molar-refractivity contribution < 1.29 is 88.3 Å². The van der Waals surface area contributed by atoms with Gasteiger partial charge in [-0.25, -0.2) is 8.42 Å². The number of carbonyl (C=O) groups is 2. The molecule has 3 saturated carbocycles. The van der Waals surface area contributed by atoms with Crippen LogP contribution in [0.25, 0.3) is 0 Å². The van der Waals surface area contributed by atoms with Crippen LogP contribution < -0.4 is 51.4 Å². The van der Waals surface area contributed by atoms with E-state index in [9.17, 15) is 32.8 Å². The molecule has 10 heteroatoms. The molecule has 31 heavy (non-hydrogen) atoms. The Balaban J connectivity index is 0.00000272. The van der Waals surface area contributed by atoms with Crippen LogP contribution in [0.3, 0.4) is 0 Å². The monoisotopic (exact) mass is 480 g/mol. The third-order valence-corrected chi connectivity index (χ3v) is 9.25. The summed E-state index contributed by atoms with van der Waals surface area (Å²) in [6.45, 7) is 2.90. The Labute approximate surface area is 225 Å². The first-order valence-electron chi connectivity index (χ1n) is 10.6. The molecule has 7 atom stereocenters. The van der Waals surface area contributed by atoms with Crippen molar-refractivity contribution >= 4 is 22.0 Å². The van der Waals surface area contributed by atoms with Gasteiger partial charge in [0.15, 0.2) is 11.6 Å². The fourth-order valence-corrected chi connectivity index (χ4v) is 7.65. The first-order valence-corrected chi connectivity index (χ1v) is 11.9. The molecule has 4 rings (SSSR count). The summed E-state index contributed by atoms with van der Waals surface area (Å²) in [6.07, 6.45) is 4.57. The molecular formula is C21H29KO8S. The van der Waals surface area contributed by atoms with E-state index >= 15 is 0 Å². The molecular weight excluding hydrogens is 451 g/mol. The summed E-state index contributed by atoms with van der Waals surface area (Å²) >= 11 is 0. The summed E-state index contributed by atoms with van der Waals surface area (Å²) in [5.74, 6) is -0.701. The average molecular weight is 481 g/mol. The number of rotatable bonds is 4. The molecule has 0 saturated heterocycles. The van der Waals surface area contributed by atoms with Gasteiger partial charge in [-0.05, 0) is 67.8 Å². The van der Waals surface area contributed by atoms with Crippen molar-refractivity contribution in [2.45, 2.75) is 70.5 Å². The summed E-state index contributed by atoms with van der Waals surface area (Å²) in [5.41, 5.74) is -1.97. The number of Topliss-reactive ketones (excluding diaryl/α,β-unsaturated/α-hetero) is 1. The van der Waals surface area contributed by atoms with Crippen LogP contribution >= 0.6 is 0 Å². The van der Waals surface area contributed by atoms with E-state index in [2.05, 4.69) is 11.1 Å². The molecule has 168 valence electrons. The molecule has 0 heterocycles. The number of hydrogen-bond acceptors (Lipinski definition) is 8. The number of aliphatic hydroxyl groups is 2. The predicted octanol–water partition coefficient (Wildman–Crippen LogP) is -1.73. The smallest absolute Gasteiger partial charge is 0.726 e. The normalized spacial score (nSPS) is 44.4. The Hall–Kier alpha value is 0.506. The van der Waals surface area contributed by atoms with Crippen LogP contribution in [0.15, 0.2) is 11.6 Å². The van der Waals surface area contributed by atoms with Crippen LogP contribution in [0.4, 0.5) is 0 Å². The second-order valence-corrected chi connectivity index (χ2v) is 11.1. The quantitative estimate of drug-likeness (QED) is 0.275. The first kappa shape index (κ1) is 26.1. The average Bonchev–Trinajstić information content (AvgIpc) is 2.91. The minimum absolute atomic E-state index is 0. The molecule has 0 aromatic carbocycles. The van der Waals surface area contributed by atoms with Crippen molar-refractivity contribution in [3.8, 4) is 0 Å². The van der Waals surface area contributed by atoms with Gasteiger partial charge in [-0.15, -0.1) is 0 Å². The van der Waals surface area contributed by atoms with Crippen LogP contribution in [-0.2, 0) is 24.2 Å². The van der Waals surface area contributed by atoms with Crippen LogP contribution in [-0.4, -0.2) is 53.1 Å². The summed E-state index contributed by atoms with van der Waals surface area (Å²) in [7, 11) is -5.05. The molecule has 0 aromatic heterocycles. The van der Waals surface area contributed by atoms with Crippen molar-refractivity contribution in [3.63, 3.8) is 0 Å². The van der Waals surface area contributed by atoms with Gasteiger partial charge in [0.05, 0.1) is 6.10 Å². The summed E-state index contributed by atoms with van der Waals surface area (Å²) in [5, 5.41) is 22.6. The van der Waals surface area contributed by atoms with Gasteiger partial charge in [0.25, 0.3) is 0 Å². The Morgan fingerprint density at radius 3 is 2.58 bits per heavy atom. The maximum Gasteiger partial charge on any atom is 1.00 e. The van der Waals surface area contributed by atoms with Gasteiger partial charge in [-0.3, -0.25) is 13.8 Å². The third kappa shape index (κ3) is 4.13. The predicted molar refractivity (Wildman–Crippen MR) is 104 cm³/mol. The van der Waals surface area contributed by atoms with E-state index in [4.69, 9.17) is 0 Å². The molecule has 0 aliphatic heterocycles. The minimum atomic E-state index is -5.05. The zero-order valence-corrected chi connectivity index (χ0v) is 22.2. The number of ketones is 2. The molecule has 0 amide bonds. The van der Waals surface area contributed by atoms with Gasteiger partial charge < -0.3 is 14.8 Å². The maximum atomic E-state index is 12.8. The Kier molecular flexibility index (Phi) is 7.26. The zero-order chi connectivity index (χ0) is 22.1. The summed E-state index contributed by atoms with van der Waals surface area (Å²) < 4.78 is 36.4. The summed E-state index contributed by atoms with van der Waals surface area (Å²) in [6, 6.07) is 0. The van der Waals surface area contributed by atoms with Crippen molar-refractivity contribution in [2.75, 3.05) is 6.61 Å². The third-order valence-electron chi connectivity index (χ3n) is 8.84. The second-order valence-electron chi connectivity index (χ2n) is 10.1. The molecule has 0 unspecified atom stereocenters. The molecule has 3 fully saturated rings. The van der Waals surface area contributed by atoms with Gasteiger partial charge >= 0.3 is 51.4 Å². The Bertz CT molecular complexity index is 916. The number of fused-ring (bicyclic) bond motifs is 5. The fraction of sp³-hybridized carbons (Fsp3) is 0.810. The van der Waals surface area contributed by atoms with Gasteiger partial charge in [-0.1, -0.05) is 19.4 Å². The molecule has 4 aliphatic rings. The Morgan fingerprint density at radius 2 is 1.94 bits per heavy atom. The van der Waals surface area contributed by atoms with E-state index in [-0.39, 0.29) is 93.2 Å². The largest absolute Gasteiger partial charge is 1.00 e. The maximum absolute atomic E-state index is 12.8. The van der Waals surface area contributed by atoms with Crippen molar-refractivity contribution in [3.05, 3.63) is 11.6 Å². The molecule has 0 spiro atoms. The summed E-state index contributed by atoms with van der Waals surface area (Å²) in [4.78, 5) is 24.7. The SMILES string of the molecule is C[C@]12CCC(=O)C=C1CC[C@@H]1[C@@H]2[C@@H](O)C[C@@]2(C)[C@H]1CC[C@]2(O)C(=O)COS(=O)(=O)[O-].[K+]. The van der Waals surface area contributed by atoms with Crippen LogP contribution in [0.2, 0.25) is 0 Å². The topological polar surface area (TPSA) is 141 Å². The number of hydrogen-bond donors (Lipinski definition) is 2. The Morgan fingerprint density at radius 1 is 1.26 bits per heavy atom. The fourth-order valence-electron chi connectivity index (χ4n) is 7.40. The van der Waals surface area contributed by atoms with Crippen molar-refractivity contribution in [1.82, 2.24) is 0 Å². The molecule has 2 N–H and O–H groups in total. The number of allylic oxidation sites excluding steroid dienone is 1. The van der Waals surface area contributed by atoms with E-state index in [0.717, 1.165) is 18.4 Å². The molecule has 0 bridgehead atoms. The van der Waals surface area contributed by atoms with Crippen molar-refractivity contribution in [2.24, 2.45) is 28.6 Å². The van der Waals surface area contributed by atoms with Crippen LogP contribution in [0, 0.1) is 28.6 Å². The van der Waals surface area contributed by atoms with Crippen LogP contribution in [0.1, 0.15) is 58.8 Å². The zero-order valence-electron chi connectivity index (χ0n) is 18.3. The van der Waals surface area contributed by atoms with E-state index in [0.29, 0.717) is 19.3 Å². The van der Waals surface area contributed by atoms with Gasteiger partial charge in [0, 0.05) is 11.8 Å². The molecule has 8 nitrogen and oxygen atoms in total. The standard InChI is InChI=1S/C21H30O8S.K/c1-19-7-5-13(22)9-12(19)3-4-14-15-6-8-21(25,17(24)11-29-30(26,27)28)20(15,2)10-16(23)18(14)19;/h9,14-16,18,23,25H,3-8,10-11H2,1-2H3,(H,26,27,28);/q;+1/p-1/t14-,15-,16-,18+,19-,20-,21-;/m0./s1. The van der Waals surface area contributed by atoms with E-state index in [1.165, 1.54) is 0 Å². The van der Waals surface area contributed by atoms with Gasteiger partial charge in [-0.2, -0.15) is 0 Å². The van der Waals surface area contributed by atoms with E-state index in [1.54, 1.807) is 13.0 Å². The van der Waals surface area contributed by atoms with Crippen molar-refractivity contribution in [1.29, 1.82) is 0 Å². The van der Waals surface area contributed by atoms with Gasteiger partial charge in [0.1, 0.15) is 12.2 Å². The first-order chi connectivity index (χ1) is 13.8. The van der Waals surface area contributed by atoms with E-state index in [1.807, 2.05) is 0 Å². The molecule has 4 aliphatic carbocycles. The van der Waals surface area contributed by atoms with Crippen LogP contribution in [0.5, 0.6) is 0 Å².